The summed E-state index contributed by atoms with van der Waals surface area (Å²) in [5.41, 5.74) is 7.12. The summed E-state index contributed by atoms with van der Waals surface area (Å²) in [6.07, 6.45) is 16.5. The number of nitrogens with one attached hydrogen (secondary N) is 1. The predicted molar refractivity (Wildman–Crippen MR) is 301 cm³/mol. The second kappa shape index (κ2) is 35.6. The van der Waals surface area contributed by atoms with Gasteiger partial charge in [-0.3, -0.25) is 29.4 Å². The largest absolute Gasteiger partial charge is 1.00 e. The molecule has 0 spiro atoms. The van der Waals surface area contributed by atoms with Gasteiger partial charge in [-0.1, -0.05) is 43.7 Å². The molecule has 0 bridgehead atoms. The van der Waals surface area contributed by atoms with E-state index in [0.29, 0.717) is 86.5 Å². The molecule has 1 N–H and O–H groups in total. The van der Waals surface area contributed by atoms with E-state index < -0.39 is 48.6 Å². The van der Waals surface area contributed by atoms with Crippen LogP contribution in [0.5, 0.6) is 0 Å². The molecule has 84 heavy (non-hydrogen) atoms. The Morgan fingerprint density at radius 2 is 1.45 bits per heavy atom. The van der Waals surface area contributed by atoms with Gasteiger partial charge in [-0.2, -0.15) is 13.2 Å². The predicted octanol–water partition coefficient (Wildman–Crippen LogP) is -5.16. The molecule has 0 unspecified atom stereocenters. The average molecular weight is 1290 g/mol. The molecule has 0 atom stereocenters. The number of unbranched alkanes of at least 4 members (excludes halogenated alkanes) is 2. The van der Waals surface area contributed by atoms with Gasteiger partial charge < -0.3 is 34.7 Å². The molecular formula is C55H65ClN5Na4O15S4+. The summed E-state index contributed by atoms with van der Waals surface area (Å²) in [6.45, 7) is 10.7. The zero-order valence-electron chi connectivity index (χ0n) is 48.9. The molecule has 1 aliphatic carbocycles. The normalized spacial score (nSPS) is 17.2. The van der Waals surface area contributed by atoms with Gasteiger partial charge in [0.15, 0.2) is 5.71 Å². The van der Waals surface area contributed by atoms with Gasteiger partial charge in [0.05, 0.1) is 20.4 Å². The molecule has 4 aliphatic rings. The van der Waals surface area contributed by atoms with Gasteiger partial charge >= 0.3 is 118 Å². The Morgan fingerprint density at radius 3 is 2.08 bits per heavy atom. The number of imide groups is 1. The van der Waals surface area contributed by atoms with Crippen molar-refractivity contribution in [1.82, 2.24) is 10.2 Å². The van der Waals surface area contributed by atoms with Crippen molar-refractivity contribution in [2.75, 3.05) is 66.3 Å². The van der Waals surface area contributed by atoms with Crippen molar-refractivity contribution in [3.8, 4) is 0 Å². The summed E-state index contributed by atoms with van der Waals surface area (Å²) in [5.74, 6) is -0.553. The number of hydrogen-bond acceptors (Lipinski definition) is 19. The minimum absolute atomic E-state index is 0. The first kappa shape index (κ1) is 77.3. The maximum absolute atomic E-state index is 12.7. The minimum atomic E-state index is -4.70. The maximum Gasteiger partial charge on any atom is 1.00 e. The molecule has 3 amide bonds. The fourth-order valence-electron chi connectivity index (χ4n) is 10.9. The molecule has 434 valence electrons. The minimum Gasteiger partial charge on any atom is -0.748 e. The molecule has 3 heterocycles. The van der Waals surface area contributed by atoms with Gasteiger partial charge in [0.2, 0.25) is 11.6 Å². The fourth-order valence-corrected chi connectivity index (χ4v) is 12.9. The second-order valence-electron chi connectivity index (χ2n) is 20.8. The number of rotatable bonds is 30. The van der Waals surface area contributed by atoms with Gasteiger partial charge in [0.1, 0.15) is 16.7 Å². The van der Waals surface area contributed by atoms with Crippen LogP contribution in [0.25, 0.3) is 10.8 Å². The van der Waals surface area contributed by atoms with Crippen LogP contribution in [0.4, 0.5) is 17.1 Å². The molecule has 29 heteroatoms. The summed E-state index contributed by atoms with van der Waals surface area (Å²) in [7, 11) is -9.19. The maximum atomic E-state index is 12.7. The zero-order chi connectivity index (χ0) is 57.8. The van der Waals surface area contributed by atoms with Crippen molar-refractivity contribution in [3.05, 3.63) is 118 Å². The molecule has 20 nitrogen and oxygen atoms in total. The van der Waals surface area contributed by atoms with Gasteiger partial charge in [-0.15, -0.1) is 0 Å². The number of hydrogen-bond donors (Lipinski definition) is 1. The average Bonchev–Trinajstić information content (AvgIpc) is 2.07. The number of amides is 3. The zero-order valence-corrected chi connectivity index (χ0v) is 61.0. The van der Waals surface area contributed by atoms with Gasteiger partial charge in [-0.25, -0.2) is 16.8 Å². The Labute approximate surface area is 594 Å². The smallest absolute Gasteiger partial charge is 0.748 e. The number of allylic oxidation sites excluding steroid dienone is 8. The molecule has 3 aromatic carbocycles. The van der Waals surface area contributed by atoms with Gasteiger partial charge in [0, 0.05) is 144 Å². The molecule has 0 radical (unpaired) electrons. The molecule has 0 aromatic heterocycles. The third kappa shape index (κ3) is 20.3. The molecule has 3 aliphatic heterocycles. The van der Waals surface area contributed by atoms with Crippen molar-refractivity contribution in [1.29, 1.82) is 0 Å². The summed E-state index contributed by atoms with van der Waals surface area (Å²) in [6, 6.07) is 14.3. The van der Waals surface area contributed by atoms with Gasteiger partial charge in [-0.05, 0) is 135 Å². The molecule has 0 saturated carbocycles. The monoisotopic (exact) mass is 1290 g/mol. The Balaban J connectivity index is 0.00000462. The molecule has 7 rings (SSSR count). The topological polar surface area (TPSA) is 273 Å². The number of benzene rings is 3. The molecule has 0 fully saturated rings. The van der Waals surface area contributed by atoms with E-state index in [-0.39, 0.29) is 162 Å². The van der Waals surface area contributed by atoms with Crippen LogP contribution in [-0.2, 0) is 64.2 Å². The van der Waals surface area contributed by atoms with Crippen molar-refractivity contribution < 1.29 is 192 Å². The van der Waals surface area contributed by atoms with E-state index in [1.807, 2.05) is 36.4 Å². The number of nitrogens with zero attached hydrogens (tertiary/aromatic N) is 4. The number of carbonyl (C=O) groups is 3. The number of anilines is 2. The number of fused-ring (bicyclic) bond motifs is 4. The SMILES string of the molecule is CC1(C)C(/C=C/C2=C(Cl)C(=C/C=C3/N(CCCS(=O)(=O)[O-])c4ccc(N(CCCSOO[O-])CCCSOO[O-])cc4C3(C)C)/CCC2)=[N+](CCCCCC(=O)NCCN2C(=O)C=CC2=O)c2ccc3cc(S(=O)(=O)[O-])ccc3c21.[Na+].[Na+].[Na+].[Na+]. The van der Waals surface area contributed by atoms with Crippen LogP contribution in [0.15, 0.2) is 112 Å². The molecule has 0 saturated heterocycles. The van der Waals surface area contributed by atoms with E-state index in [0.717, 1.165) is 91.5 Å². The molecular weight excluding hydrogens is 1230 g/mol. The van der Waals surface area contributed by atoms with Crippen LogP contribution in [0.1, 0.15) is 103 Å². The first-order valence-corrected chi connectivity index (χ1v) is 31.5. The fraction of sp³-hybridized carbons (Fsp3) is 0.455. The van der Waals surface area contributed by atoms with Crippen molar-refractivity contribution >= 4 is 107 Å². The summed E-state index contributed by atoms with van der Waals surface area (Å²) in [4.78, 5) is 41.5. The first-order valence-electron chi connectivity index (χ1n) is 26.3. The first-order chi connectivity index (χ1) is 38.1. The van der Waals surface area contributed by atoms with E-state index >= 15 is 0 Å². The third-order valence-corrected chi connectivity index (χ3v) is 18.1. The van der Waals surface area contributed by atoms with Crippen LogP contribution in [0, 0.1) is 0 Å². The number of carbonyl (C=O) groups excluding carboxylic acids is 3. The van der Waals surface area contributed by atoms with Crippen LogP contribution in [0.3, 0.4) is 0 Å². The standard InChI is InChI=1S/C55H68ClN5O15S4.4Na/c1-54(2)44-37-41(58(28-9-33-77-75-73-65)29-10-34-78-76-74-66)18-22-45(44)59(31-11-35-79(67,68)69)47(54)23-16-38-12-8-13-39(53(38)56)17-24-48-55(3,4)52-43-20-19-42(80(70,71)72)36-40(43)15-21-46(52)60(48)30-7-5-6-14-49(62)57-27-32-61-50(63)25-26-51(61)64;;;;/h15-26,36-37H,5-14,27-35H2,1-4H3,(H4-,57,62,65,66,67,68,69,70,71,72);;;;/q;4*+1/p-3. The number of halogens is 1. The van der Waals surface area contributed by atoms with Crippen LogP contribution in [0.2, 0.25) is 0 Å². The van der Waals surface area contributed by atoms with E-state index in [1.54, 1.807) is 6.07 Å². The summed E-state index contributed by atoms with van der Waals surface area (Å²) in [5, 5.41) is 32.5. The Bertz CT molecular complexity index is 3220. The van der Waals surface area contributed by atoms with E-state index in [9.17, 15) is 50.8 Å². The van der Waals surface area contributed by atoms with E-state index in [2.05, 4.69) is 84.3 Å². The van der Waals surface area contributed by atoms with Crippen molar-refractivity contribution in [2.24, 2.45) is 0 Å². The third-order valence-electron chi connectivity index (χ3n) is 14.8. The van der Waals surface area contributed by atoms with Gasteiger partial charge in [0.25, 0.3) is 11.8 Å². The second-order valence-corrected chi connectivity index (χ2v) is 25.6. The van der Waals surface area contributed by atoms with E-state index in [4.69, 9.17) is 11.6 Å². The van der Waals surface area contributed by atoms with Crippen LogP contribution in [-0.4, -0.2) is 115 Å². The molecule has 3 aromatic rings. The van der Waals surface area contributed by atoms with E-state index in [1.165, 1.54) is 24.3 Å². The Morgan fingerprint density at radius 1 is 0.786 bits per heavy atom. The quantitative estimate of drug-likeness (QED) is 0.00955. The van der Waals surface area contributed by atoms with Crippen molar-refractivity contribution in [2.45, 2.75) is 108 Å². The van der Waals surface area contributed by atoms with Crippen molar-refractivity contribution in [3.63, 3.8) is 0 Å². The van der Waals surface area contributed by atoms with Crippen LogP contribution < -0.4 is 144 Å². The Kier molecular flexibility index (Phi) is 32.8. The Hall–Kier alpha value is -0.930. The summed E-state index contributed by atoms with van der Waals surface area (Å²) < 4.78 is 82.8. The van der Waals surface area contributed by atoms with Crippen LogP contribution >= 0.6 is 35.7 Å². The summed E-state index contributed by atoms with van der Waals surface area (Å²) >= 11 is 9.18.